The second-order valence-electron chi connectivity index (χ2n) is 4.61. The van der Waals surface area contributed by atoms with E-state index in [2.05, 4.69) is 24.1 Å². The number of nitrogens with one attached hydrogen (secondary N) is 1. The zero-order valence-electron chi connectivity index (χ0n) is 10.5. The third kappa shape index (κ3) is 2.42. The predicted octanol–water partition coefficient (Wildman–Crippen LogP) is 3.19. The van der Waals surface area contributed by atoms with Crippen molar-refractivity contribution in [1.29, 1.82) is 0 Å². The van der Waals surface area contributed by atoms with E-state index in [1.807, 2.05) is 6.92 Å². The van der Waals surface area contributed by atoms with Crippen LogP contribution in [-0.2, 0) is 0 Å². The fourth-order valence-corrected chi connectivity index (χ4v) is 1.45. The molecule has 18 heavy (non-hydrogen) atoms. The summed E-state index contributed by atoms with van der Waals surface area (Å²) in [7, 11) is 0. The van der Waals surface area contributed by atoms with Crippen molar-refractivity contribution >= 4 is 22.8 Å². The summed E-state index contributed by atoms with van der Waals surface area (Å²) in [5, 5.41) is 13.8. The molecule has 0 radical (unpaired) electrons. The number of fused-ring (bicyclic) bond motifs is 1. The fraction of sp³-hybridized carbons (Fsp3) is 0.417. The molecular formula is C12H15N3O3. The van der Waals surface area contributed by atoms with Crippen LogP contribution in [0.2, 0.25) is 0 Å². The molecule has 1 aromatic heterocycles. The lowest BCUT2D eigenvalue weighted by atomic mass is 10.1. The van der Waals surface area contributed by atoms with Crippen molar-refractivity contribution in [3.63, 3.8) is 0 Å². The highest BCUT2D eigenvalue weighted by Gasteiger charge is 2.14. The highest BCUT2D eigenvalue weighted by Crippen LogP contribution is 2.24. The first-order chi connectivity index (χ1) is 8.47. The standard InChI is InChI=1S/C12H15N3O3/c1-7(2)8(3)13-12-14-10-6-9(15(16)17)4-5-11(10)18-12/h4-8H,1-3H3,(H,13,14). The molecule has 0 fully saturated rings. The summed E-state index contributed by atoms with van der Waals surface area (Å²) in [5.41, 5.74) is 1.04. The Morgan fingerprint density at radius 1 is 1.39 bits per heavy atom. The average molecular weight is 249 g/mol. The van der Waals surface area contributed by atoms with Gasteiger partial charge in [0.05, 0.1) is 4.92 Å². The minimum atomic E-state index is -0.446. The third-order valence-corrected chi connectivity index (χ3v) is 2.93. The number of aromatic nitrogens is 1. The largest absolute Gasteiger partial charge is 0.424 e. The molecule has 0 aliphatic rings. The van der Waals surface area contributed by atoms with E-state index < -0.39 is 4.92 Å². The van der Waals surface area contributed by atoms with Gasteiger partial charge in [-0.05, 0) is 18.9 Å². The quantitative estimate of drug-likeness (QED) is 0.664. The lowest BCUT2D eigenvalue weighted by Crippen LogP contribution is -2.21. The number of non-ortho nitro benzene ring substituents is 1. The molecule has 6 nitrogen and oxygen atoms in total. The van der Waals surface area contributed by atoms with Gasteiger partial charge < -0.3 is 9.73 Å². The summed E-state index contributed by atoms with van der Waals surface area (Å²) >= 11 is 0. The van der Waals surface area contributed by atoms with Crippen molar-refractivity contribution in [2.24, 2.45) is 5.92 Å². The minimum Gasteiger partial charge on any atom is -0.424 e. The van der Waals surface area contributed by atoms with E-state index in [1.165, 1.54) is 12.1 Å². The third-order valence-electron chi connectivity index (χ3n) is 2.93. The maximum atomic E-state index is 10.7. The summed E-state index contributed by atoms with van der Waals surface area (Å²) < 4.78 is 5.48. The maximum absolute atomic E-state index is 10.7. The Morgan fingerprint density at radius 3 is 2.72 bits per heavy atom. The molecule has 1 atom stereocenters. The van der Waals surface area contributed by atoms with Crippen molar-refractivity contribution in [2.45, 2.75) is 26.8 Å². The molecule has 0 aliphatic carbocycles. The van der Waals surface area contributed by atoms with Gasteiger partial charge in [-0.3, -0.25) is 10.1 Å². The van der Waals surface area contributed by atoms with E-state index in [1.54, 1.807) is 6.07 Å². The van der Waals surface area contributed by atoms with Gasteiger partial charge in [0, 0.05) is 18.2 Å². The lowest BCUT2D eigenvalue weighted by Gasteiger charge is -2.15. The van der Waals surface area contributed by atoms with Crippen LogP contribution in [0, 0.1) is 16.0 Å². The molecule has 1 unspecified atom stereocenters. The second kappa shape index (κ2) is 4.64. The molecule has 0 bridgehead atoms. The van der Waals surface area contributed by atoms with Gasteiger partial charge in [0.25, 0.3) is 11.7 Å². The summed E-state index contributed by atoms with van der Waals surface area (Å²) in [6, 6.07) is 4.98. The zero-order chi connectivity index (χ0) is 13.3. The Balaban J connectivity index is 2.30. The first kappa shape index (κ1) is 12.3. The van der Waals surface area contributed by atoms with Crippen LogP contribution in [0.25, 0.3) is 11.1 Å². The number of hydrogen-bond donors (Lipinski definition) is 1. The van der Waals surface area contributed by atoms with E-state index >= 15 is 0 Å². The van der Waals surface area contributed by atoms with E-state index in [9.17, 15) is 10.1 Å². The Bertz CT molecular complexity index is 577. The Hall–Kier alpha value is -2.11. The maximum Gasteiger partial charge on any atom is 0.295 e. The first-order valence-electron chi connectivity index (χ1n) is 5.79. The SMILES string of the molecule is CC(C)C(C)Nc1nc2cc([N+](=O)[O-])ccc2o1. The highest BCUT2D eigenvalue weighted by molar-refractivity contribution is 5.77. The van der Waals surface area contributed by atoms with E-state index in [0.717, 1.165) is 0 Å². The molecule has 1 heterocycles. The van der Waals surface area contributed by atoms with Crippen LogP contribution < -0.4 is 5.32 Å². The molecule has 0 saturated carbocycles. The van der Waals surface area contributed by atoms with Crippen LogP contribution in [0.15, 0.2) is 22.6 Å². The van der Waals surface area contributed by atoms with Gasteiger partial charge in [-0.15, -0.1) is 0 Å². The normalized spacial score (nSPS) is 12.9. The summed E-state index contributed by atoms with van der Waals surface area (Å²) in [6.07, 6.45) is 0. The number of oxazole rings is 1. The predicted molar refractivity (Wildman–Crippen MR) is 68.6 cm³/mol. The van der Waals surface area contributed by atoms with Crippen LogP contribution in [0.4, 0.5) is 11.7 Å². The van der Waals surface area contributed by atoms with Crippen LogP contribution in [0.3, 0.4) is 0 Å². The van der Waals surface area contributed by atoms with Gasteiger partial charge in [-0.2, -0.15) is 4.98 Å². The van der Waals surface area contributed by atoms with Crippen LogP contribution >= 0.6 is 0 Å². The molecule has 0 amide bonds. The average Bonchev–Trinajstić information content (AvgIpc) is 2.69. The van der Waals surface area contributed by atoms with Gasteiger partial charge >= 0.3 is 0 Å². The van der Waals surface area contributed by atoms with Gasteiger partial charge in [0.15, 0.2) is 5.58 Å². The fourth-order valence-electron chi connectivity index (χ4n) is 1.45. The van der Waals surface area contributed by atoms with E-state index in [-0.39, 0.29) is 11.7 Å². The van der Waals surface area contributed by atoms with E-state index in [0.29, 0.717) is 23.0 Å². The van der Waals surface area contributed by atoms with Crippen LogP contribution in [-0.4, -0.2) is 15.9 Å². The van der Waals surface area contributed by atoms with Crippen LogP contribution in [0.5, 0.6) is 0 Å². The van der Waals surface area contributed by atoms with Crippen molar-refractivity contribution < 1.29 is 9.34 Å². The Labute approximate surface area is 104 Å². The van der Waals surface area contributed by atoms with Crippen molar-refractivity contribution in [3.05, 3.63) is 28.3 Å². The molecule has 2 rings (SSSR count). The summed E-state index contributed by atoms with van der Waals surface area (Å²) in [4.78, 5) is 14.4. The topological polar surface area (TPSA) is 81.2 Å². The molecule has 0 aliphatic heterocycles. The molecule has 0 spiro atoms. The Morgan fingerprint density at radius 2 is 2.11 bits per heavy atom. The van der Waals surface area contributed by atoms with Gasteiger partial charge in [-0.1, -0.05) is 13.8 Å². The number of anilines is 1. The monoisotopic (exact) mass is 249 g/mol. The summed E-state index contributed by atoms with van der Waals surface area (Å²) in [6.45, 7) is 6.21. The van der Waals surface area contributed by atoms with Crippen molar-refractivity contribution in [1.82, 2.24) is 4.98 Å². The lowest BCUT2D eigenvalue weighted by molar-refractivity contribution is -0.384. The molecule has 2 aromatic rings. The number of nitro benzene ring substituents is 1. The highest BCUT2D eigenvalue weighted by atomic mass is 16.6. The smallest absolute Gasteiger partial charge is 0.295 e. The second-order valence-corrected chi connectivity index (χ2v) is 4.61. The number of benzene rings is 1. The number of rotatable bonds is 4. The molecule has 0 saturated heterocycles. The zero-order valence-corrected chi connectivity index (χ0v) is 10.5. The van der Waals surface area contributed by atoms with Crippen molar-refractivity contribution in [3.8, 4) is 0 Å². The molecule has 1 aromatic carbocycles. The van der Waals surface area contributed by atoms with E-state index in [4.69, 9.17) is 4.42 Å². The molecular weight excluding hydrogens is 234 g/mol. The number of nitrogens with zero attached hydrogens (tertiary/aromatic N) is 2. The van der Waals surface area contributed by atoms with Crippen molar-refractivity contribution in [2.75, 3.05) is 5.32 Å². The van der Waals surface area contributed by atoms with Gasteiger partial charge in [-0.25, -0.2) is 0 Å². The van der Waals surface area contributed by atoms with Gasteiger partial charge in [0.2, 0.25) is 0 Å². The Kier molecular flexibility index (Phi) is 3.18. The van der Waals surface area contributed by atoms with Gasteiger partial charge in [0.1, 0.15) is 5.52 Å². The first-order valence-corrected chi connectivity index (χ1v) is 5.79. The molecule has 1 N–H and O–H groups in total. The molecule has 96 valence electrons. The molecule has 6 heteroatoms. The van der Waals surface area contributed by atoms with Crippen LogP contribution in [0.1, 0.15) is 20.8 Å². The minimum absolute atomic E-state index is 0.0132. The number of hydrogen-bond acceptors (Lipinski definition) is 5. The summed E-state index contributed by atoms with van der Waals surface area (Å²) in [5.74, 6) is 0.439. The number of nitro groups is 1.